The molecule has 23 heavy (non-hydrogen) atoms. The van der Waals surface area contributed by atoms with Gasteiger partial charge in [-0.3, -0.25) is 4.79 Å². The highest BCUT2D eigenvalue weighted by Crippen LogP contribution is 2.35. The number of aryl methyl sites for hydroxylation is 1. The van der Waals surface area contributed by atoms with E-state index in [0.717, 1.165) is 24.9 Å². The Kier molecular flexibility index (Phi) is 4.93. The summed E-state index contributed by atoms with van der Waals surface area (Å²) in [6, 6.07) is 7.89. The first kappa shape index (κ1) is 16.3. The summed E-state index contributed by atoms with van der Waals surface area (Å²) >= 11 is 7.91. The van der Waals surface area contributed by atoms with Gasteiger partial charge in [0.1, 0.15) is 5.75 Å². The van der Waals surface area contributed by atoms with E-state index in [1.165, 1.54) is 10.4 Å². The van der Waals surface area contributed by atoms with Crippen LogP contribution in [0.3, 0.4) is 0 Å². The number of hydrogen-bond acceptors (Lipinski definition) is 3. The van der Waals surface area contributed by atoms with Crippen molar-refractivity contribution in [2.75, 3.05) is 13.2 Å². The number of ether oxygens (including phenoxy) is 1. The lowest BCUT2D eigenvalue weighted by Gasteiger charge is -2.35. The number of fused-ring (bicyclic) bond motifs is 1. The Labute approximate surface area is 145 Å². The van der Waals surface area contributed by atoms with Crippen LogP contribution in [0.4, 0.5) is 0 Å². The standard InChI is InChI=1S/C18H20ClNO2S/c1-3-15-13-7-9-23-17(13)6-8-20(15)18(21)11-22-16-10-12(2)4-5-14(16)19/h4-5,7,9-10,15H,3,6,8,11H2,1-2H3. The molecule has 2 aromatic rings. The van der Waals surface area contributed by atoms with Gasteiger partial charge in [-0.2, -0.15) is 0 Å². The van der Waals surface area contributed by atoms with Gasteiger partial charge in [0.15, 0.2) is 6.61 Å². The molecule has 0 fully saturated rings. The fourth-order valence-electron chi connectivity index (χ4n) is 3.08. The molecule has 1 unspecified atom stereocenters. The maximum atomic E-state index is 12.6. The zero-order valence-corrected chi connectivity index (χ0v) is 14.9. The largest absolute Gasteiger partial charge is 0.482 e. The van der Waals surface area contributed by atoms with Crippen molar-refractivity contribution in [3.63, 3.8) is 0 Å². The van der Waals surface area contributed by atoms with Gasteiger partial charge in [0.25, 0.3) is 5.91 Å². The quantitative estimate of drug-likeness (QED) is 0.805. The fraction of sp³-hybridized carbons (Fsp3) is 0.389. The minimum atomic E-state index is 0.0197. The summed E-state index contributed by atoms with van der Waals surface area (Å²) < 4.78 is 5.67. The van der Waals surface area contributed by atoms with E-state index in [9.17, 15) is 4.79 Å². The van der Waals surface area contributed by atoms with E-state index in [4.69, 9.17) is 16.3 Å². The molecule has 3 rings (SSSR count). The van der Waals surface area contributed by atoms with Crippen molar-refractivity contribution in [1.29, 1.82) is 0 Å². The van der Waals surface area contributed by atoms with Gasteiger partial charge in [0.05, 0.1) is 11.1 Å². The van der Waals surface area contributed by atoms with Crippen molar-refractivity contribution in [2.24, 2.45) is 0 Å². The summed E-state index contributed by atoms with van der Waals surface area (Å²) in [5, 5.41) is 2.65. The lowest BCUT2D eigenvalue weighted by molar-refractivity contribution is -0.136. The number of carbonyl (C=O) groups is 1. The lowest BCUT2D eigenvalue weighted by atomic mass is 9.98. The van der Waals surface area contributed by atoms with Crippen LogP contribution in [0.2, 0.25) is 5.02 Å². The van der Waals surface area contributed by atoms with Crippen LogP contribution >= 0.6 is 22.9 Å². The molecule has 1 amide bonds. The predicted octanol–water partition coefficient (Wildman–Crippen LogP) is 4.62. The summed E-state index contributed by atoms with van der Waals surface area (Å²) in [5.74, 6) is 0.590. The van der Waals surface area contributed by atoms with E-state index in [-0.39, 0.29) is 18.6 Å². The number of rotatable bonds is 4. The molecule has 0 saturated heterocycles. The summed E-state index contributed by atoms with van der Waals surface area (Å²) in [6.45, 7) is 4.88. The summed E-state index contributed by atoms with van der Waals surface area (Å²) in [4.78, 5) is 16.0. The van der Waals surface area contributed by atoms with E-state index >= 15 is 0 Å². The molecule has 0 bridgehead atoms. The Morgan fingerprint density at radius 2 is 2.26 bits per heavy atom. The van der Waals surface area contributed by atoms with Crippen LogP contribution in [-0.4, -0.2) is 24.0 Å². The summed E-state index contributed by atoms with van der Waals surface area (Å²) in [5.41, 5.74) is 2.36. The van der Waals surface area contributed by atoms with Crippen LogP contribution in [0.25, 0.3) is 0 Å². The minimum Gasteiger partial charge on any atom is -0.482 e. The van der Waals surface area contributed by atoms with Crippen LogP contribution in [0.1, 0.15) is 35.4 Å². The second kappa shape index (κ2) is 6.93. The highest BCUT2D eigenvalue weighted by molar-refractivity contribution is 7.10. The smallest absolute Gasteiger partial charge is 0.261 e. The SMILES string of the molecule is CCC1c2ccsc2CCN1C(=O)COc1cc(C)ccc1Cl. The van der Waals surface area contributed by atoms with Crippen molar-refractivity contribution in [1.82, 2.24) is 4.90 Å². The molecule has 0 radical (unpaired) electrons. The van der Waals surface area contributed by atoms with Gasteiger partial charge in [0.2, 0.25) is 0 Å². The van der Waals surface area contributed by atoms with E-state index < -0.39 is 0 Å². The Morgan fingerprint density at radius 1 is 1.43 bits per heavy atom. The van der Waals surface area contributed by atoms with Crippen LogP contribution in [-0.2, 0) is 11.2 Å². The van der Waals surface area contributed by atoms with Crippen molar-refractivity contribution in [2.45, 2.75) is 32.7 Å². The highest BCUT2D eigenvalue weighted by Gasteiger charge is 2.30. The Balaban J connectivity index is 1.70. The molecule has 5 heteroatoms. The summed E-state index contributed by atoms with van der Waals surface area (Å²) in [6.07, 6.45) is 1.85. The second-order valence-electron chi connectivity index (χ2n) is 5.78. The molecule has 3 nitrogen and oxygen atoms in total. The van der Waals surface area contributed by atoms with Crippen LogP contribution < -0.4 is 4.74 Å². The van der Waals surface area contributed by atoms with Crippen LogP contribution in [0.15, 0.2) is 29.6 Å². The van der Waals surface area contributed by atoms with E-state index in [1.807, 2.05) is 24.0 Å². The summed E-state index contributed by atoms with van der Waals surface area (Å²) in [7, 11) is 0. The van der Waals surface area contributed by atoms with Crippen molar-refractivity contribution in [3.8, 4) is 5.75 Å². The lowest BCUT2D eigenvalue weighted by Crippen LogP contribution is -2.41. The molecule has 1 aliphatic rings. The first-order chi connectivity index (χ1) is 11.1. The van der Waals surface area contributed by atoms with Crippen molar-refractivity contribution < 1.29 is 9.53 Å². The molecule has 0 saturated carbocycles. The average molecular weight is 350 g/mol. The fourth-order valence-corrected chi connectivity index (χ4v) is 4.18. The minimum absolute atomic E-state index is 0.0197. The van der Waals surface area contributed by atoms with Gasteiger partial charge in [-0.25, -0.2) is 0 Å². The number of thiophene rings is 1. The molecular formula is C18H20ClNO2S. The topological polar surface area (TPSA) is 29.5 Å². The molecule has 1 atom stereocenters. The highest BCUT2D eigenvalue weighted by atomic mass is 35.5. The molecule has 0 N–H and O–H groups in total. The molecule has 0 spiro atoms. The average Bonchev–Trinajstić information content (AvgIpc) is 3.03. The molecule has 1 aliphatic heterocycles. The maximum absolute atomic E-state index is 12.6. The molecule has 1 aromatic carbocycles. The maximum Gasteiger partial charge on any atom is 0.261 e. The number of amides is 1. The van der Waals surface area contributed by atoms with E-state index in [1.54, 1.807) is 17.4 Å². The van der Waals surface area contributed by atoms with Gasteiger partial charge in [-0.05, 0) is 54.5 Å². The molecular weight excluding hydrogens is 330 g/mol. The third-order valence-corrected chi connectivity index (χ3v) is 5.55. The van der Waals surface area contributed by atoms with Crippen LogP contribution in [0, 0.1) is 6.92 Å². The molecule has 122 valence electrons. The predicted molar refractivity (Wildman–Crippen MR) is 94.5 cm³/mol. The zero-order valence-electron chi connectivity index (χ0n) is 13.3. The molecule has 1 aromatic heterocycles. The number of carbonyl (C=O) groups excluding carboxylic acids is 1. The monoisotopic (exact) mass is 349 g/mol. The Hall–Kier alpha value is -1.52. The molecule has 2 heterocycles. The van der Waals surface area contributed by atoms with Crippen molar-refractivity contribution in [3.05, 3.63) is 50.7 Å². The van der Waals surface area contributed by atoms with Crippen molar-refractivity contribution >= 4 is 28.8 Å². The number of hydrogen-bond donors (Lipinski definition) is 0. The van der Waals surface area contributed by atoms with Crippen LogP contribution in [0.5, 0.6) is 5.75 Å². The van der Waals surface area contributed by atoms with Gasteiger partial charge in [0, 0.05) is 11.4 Å². The first-order valence-electron chi connectivity index (χ1n) is 7.84. The van der Waals surface area contributed by atoms with E-state index in [0.29, 0.717) is 10.8 Å². The van der Waals surface area contributed by atoms with Gasteiger partial charge in [-0.15, -0.1) is 11.3 Å². The van der Waals surface area contributed by atoms with E-state index in [2.05, 4.69) is 18.4 Å². The van der Waals surface area contributed by atoms with Gasteiger partial charge < -0.3 is 9.64 Å². The number of nitrogens with zero attached hydrogens (tertiary/aromatic N) is 1. The Morgan fingerprint density at radius 3 is 3.04 bits per heavy atom. The van der Waals surface area contributed by atoms with Gasteiger partial charge in [-0.1, -0.05) is 24.6 Å². The number of benzene rings is 1. The number of halogens is 1. The Bertz CT molecular complexity index is 713. The normalized spacial score (nSPS) is 17.0. The third kappa shape index (κ3) is 3.38. The molecule has 0 aliphatic carbocycles. The van der Waals surface area contributed by atoms with Gasteiger partial charge >= 0.3 is 0 Å². The third-order valence-electron chi connectivity index (χ3n) is 4.24. The first-order valence-corrected chi connectivity index (χ1v) is 9.10. The second-order valence-corrected chi connectivity index (χ2v) is 7.19. The zero-order chi connectivity index (χ0) is 16.4.